The summed E-state index contributed by atoms with van der Waals surface area (Å²) in [6, 6.07) is 1.11. The molecule has 2 heterocycles. The van der Waals surface area contributed by atoms with Gasteiger partial charge in [0.05, 0.1) is 25.1 Å². The van der Waals surface area contributed by atoms with Crippen LogP contribution in [0, 0.1) is 0 Å². The summed E-state index contributed by atoms with van der Waals surface area (Å²) in [5.41, 5.74) is 0.441. The Morgan fingerprint density at radius 3 is 2.94 bits per heavy atom. The summed E-state index contributed by atoms with van der Waals surface area (Å²) < 4.78 is 4.69. The van der Waals surface area contributed by atoms with Crippen molar-refractivity contribution in [3.05, 3.63) is 24.0 Å². The zero-order valence-corrected chi connectivity index (χ0v) is 9.50. The van der Waals surface area contributed by atoms with Gasteiger partial charge in [-0.1, -0.05) is 0 Å². The Balaban J connectivity index is 2.17. The number of esters is 1. The zero-order valence-electron chi connectivity index (χ0n) is 9.50. The van der Waals surface area contributed by atoms with Crippen molar-refractivity contribution in [3.63, 3.8) is 0 Å². The Hall–Kier alpha value is -1.98. The molecule has 1 saturated heterocycles. The van der Waals surface area contributed by atoms with Crippen molar-refractivity contribution >= 4 is 11.9 Å². The van der Waals surface area contributed by atoms with Crippen LogP contribution in [0.25, 0.3) is 0 Å². The highest BCUT2D eigenvalue weighted by molar-refractivity contribution is 5.96. The first-order valence-electron chi connectivity index (χ1n) is 5.39. The average Bonchev–Trinajstić information content (AvgIpc) is 2.87. The van der Waals surface area contributed by atoms with Gasteiger partial charge in [-0.15, -0.1) is 0 Å². The maximum atomic E-state index is 12.1. The molecule has 90 valence electrons. The third kappa shape index (κ3) is 2.25. The Morgan fingerprint density at radius 1 is 1.47 bits per heavy atom. The molecule has 1 aliphatic heterocycles. The van der Waals surface area contributed by atoms with Crippen LogP contribution in [0.2, 0.25) is 0 Å². The predicted octanol–water partition coefficient (Wildman–Crippen LogP) is 0.254. The highest BCUT2D eigenvalue weighted by Gasteiger charge is 2.35. The molecule has 6 nitrogen and oxygen atoms in total. The van der Waals surface area contributed by atoms with Gasteiger partial charge in [-0.25, -0.2) is 4.79 Å². The standard InChI is InChI=1S/C11H13N3O3/c1-17-11(16)9-3-2-6-14(9)10(15)8-4-5-12-13-7-8/h4-5,7,9H,2-3,6H2,1H3. The van der Waals surface area contributed by atoms with Gasteiger partial charge in [0.15, 0.2) is 0 Å². The molecule has 0 spiro atoms. The summed E-state index contributed by atoms with van der Waals surface area (Å²) in [5, 5.41) is 7.27. The first-order chi connectivity index (χ1) is 8.24. The molecule has 1 unspecified atom stereocenters. The number of carbonyl (C=O) groups excluding carboxylic acids is 2. The van der Waals surface area contributed by atoms with Crippen molar-refractivity contribution in [3.8, 4) is 0 Å². The third-order valence-corrected chi connectivity index (χ3v) is 2.82. The Bertz CT molecular complexity index is 421. The number of aromatic nitrogens is 2. The molecule has 1 atom stereocenters. The number of hydrogen-bond donors (Lipinski definition) is 0. The van der Waals surface area contributed by atoms with E-state index in [1.165, 1.54) is 24.4 Å². The highest BCUT2D eigenvalue weighted by atomic mass is 16.5. The minimum atomic E-state index is -0.472. The minimum Gasteiger partial charge on any atom is -0.467 e. The molecule has 0 radical (unpaired) electrons. The number of methoxy groups -OCH3 is 1. The SMILES string of the molecule is COC(=O)C1CCCN1C(=O)c1ccnnc1. The van der Waals surface area contributed by atoms with Crippen molar-refractivity contribution in [2.75, 3.05) is 13.7 Å². The normalized spacial score (nSPS) is 19.1. The summed E-state index contributed by atoms with van der Waals surface area (Å²) in [4.78, 5) is 25.2. The molecular formula is C11H13N3O3. The van der Waals surface area contributed by atoms with Gasteiger partial charge in [0.1, 0.15) is 6.04 Å². The number of carbonyl (C=O) groups is 2. The lowest BCUT2D eigenvalue weighted by atomic mass is 10.2. The lowest BCUT2D eigenvalue weighted by molar-refractivity contribution is -0.145. The second kappa shape index (κ2) is 4.90. The Labute approximate surface area is 98.6 Å². The van der Waals surface area contributed by atoms with Crippen LogP contribution >= 0.6 is 0 Å². The second-order valence-corrected chi connectivity index (χ2v) is 3.81. The summed E-state index contributed by atoms with van der Waals surface area (Å²) in [6.45, 7) is 0.570. The maximum Gasteiger partial charge on any atom is 0.328 e. The molecule has 1 aromatic heterocycles. The molecule has 0 bridgehead atoms. The fourth-order valence-electron chi connectivity index (χ4n) is 1.97. The lowest BCUT2D eigenvalue weighted by Crippen LogP contribution is -2.41. The molecule has 2 rings (SSSR count). The van der Waals surface area contributed by atoms with Gasteiger partial charge in [0.25, 0.3) is 5.91 Å². The van der Waals surface area contributed by atoms with E-state index in [0.717, 1.165) is 6.42 Å². The van der Waals surface area contributed by atoms with Crippen molar-refractivity contribution < 1.29 is 14.3 Å². The molecule has 0 N–H and O–H groups in total. The number of nitrogens with zero attached hydrogens (tertiary/aromatic N) is 3. The van der Waals surface area contributed by atoms with E-state index >= 15 is 0 Å². The number of rotatable bonds is 2. The highest BCUT2D eigenvalue weighted by Crippen LogP contribution is 2.20. The van der Waals surface area contributed by atoms with Crippen LogP contribution in [0.15, 0.2) is 18.5 Å². The van der Waals surface area contributed by atoms with Gasteiger partial charge >= 0.3 is 5.97 Å². The molecule has 0 saturated carbocycles. The van der Waals surface area contributed by atoms with Crippen LogP contribution < -0.4 is 0 Å². The van der Waals surface area contributed by atoms with Crippen LogP contribution in [-0.4, -0.2) is 46.7 Å². The molecule has 1 aromatic rings. The second-order valence-electron chi connectivity index (χ2n) is 3.81. The maximum absolute atomic E-state index is 12.1. The van der Waals surface area contributed by atoms with Gasteiger partial charge in [-0.3, -0.25) is 4.79 Å². The quantitative estimate of drug-likeness (QED) is 0.687. The van der Waals surface area contributed by atoms with Crippen molar-refractivity contribution in [2.45, 2.75) is 18.9 Å². The molecule has 17 heavy (non-hydrogen) atoms. The molecule has 1 aliphatic rings. The molecule has 1 amide bonds. The van der Waals surface area contributed by atoms with E-state index in [-0.39, 0.29) is 11.9 Å². The summed E-state index contributed by atoms with van der Waals surface area (Å²) in [5.74, 6) is -0.564. The number of amides is 1. The van der Waals surface area contributed by atoms with E-state index in [1.807, 2.05) is 0 Å². The van der Waals surface area contributed by atoms with Crippen LogP contribution in [0.4, 0.5) is 0 Å². The van der Waals surface area contributed by atoms with Gasteiger partial charge < -0.3 is 9.64 Å². The first kappa shape index (κ1) is 11.5. The Morgan fingerprint density at radius 2 is 2.29 bits per heavy atom. The van der Waals surface area contributed by atoms with E-state index in [1.54, 1.807) is 6.07 Å². The van der Waals surface area contributed by atoms with E-state index < -0.39 is 6.04 Å². The summed E-state index contributed by atoms with van der Waals surface area (Å²) in [7, 11) is 1.33. The molecule has 1 fully saturated rings. The van der Waals surface area contributed by atoms with E-state index in [0.29, 0.717) is 18.5 Å². The van der Waals surface area contributed by atoms with Crippen molar-refractivity contribution in [1.82, 2.24) is 15.1 Å². The van der Waals surface area contributed by atoms with Gasteiger partial charge in [-0.2, -0.15) is 10.2 Å². The lowest BCUT2D eigenvalue weighted by Gasteiger charge is -2.22. The number of ether oxygens (including phenoxy) is 1. The Kier molecular flexibility index (Phi) is 3.32. The fraction of sp³-hybridized carbons (Fsp3) is 0.455. The predicted molar refractivity (Wildman–Crippen MR) is 58.1 cm³/mol. The largest absolute Gasteiger partial charge is 0.467 e. The summed E-state index contributed by atoms with van der Waals surface area (Å²) in [6.07, 6.45) is 4.31. The molecule has 0 aliphatic carbocycles. The van der Waals surface area contributed by atoms with E-state index in [9.17, 15) is 9.59 Å². The number of likely N-dealkylation sites (tertiary alicyclic amines) is 1. The third-order valence-electron chi connectivity index (χ3n) is 2.82. The van der Waals surface area contributed by atoms with Crippen molar-refractivity contribution in [1.29, 1.82) is 0 Å². The molecule has 0 aromatic carbocycles. The topological polar surface area (TPSA) is 72.4 Å². The molecule has 6 heteroatoms. The van der Waals surface area contributed by atoms with Crippen LogP contribution in [-0.2, 0) is 9.53 Å². The summed E-state index contributed by atoms with van der Waals surface area (Å²) >= 11 is 0. The minimum absolute atomic E-state index is 0.201. The van der Waals surface area contributed by atoms with Crippen LogP contribution in [0.5, 0.6) is 0 Å². The zero-order chi connectivity index (χ0) is 12.3. The van der Waals surface area contributed by atoms with Crippen LogP contribution in [0.3, 0.4) is 0 Å². The smallest absolute Gasteiger partial charge is 0.328 e. The average molecular weight is 235 g/mol. The fourth-order valence-corrected chi connectivity index (χ4v) is 1.97. The number of hydrogen-bond acceptors (Lipinski definition) is 5. The van der Waals surface area contributed by atoms with E-state index in [4.69, 9.17) is 0 Å². The first-order valence-corrected chi connectivity index (χ1v) is 5.39. The van der Waals surface area contributed by atoms with Crippen LogP contribution in [0.1, 0.15) is 23.2 Å². The van der Waals surface area contributed by atoms with Gasteiger partial charge in [-0.05, 0) is 18.9 Å². The van der Waals surface area contributed by atoms with Crippen molar-refractivity contribution in [2.24, 2.45) is 0 Å². The van der Waals surface area contributed by atoms with E-state index in [2.05, 4.69) is 14.9 Å². The molecular weight excluding hydrogens is 222 g/mol. The van der Waals surface area contributed by atoms with Gasteiger partial charge in [0.2, 0.25) is 0 Å². The monoisotopic (exact) mass is 235 g/mol. The van der Waals surface area contributed by atoms with Gasteiger partial charge in [0, 0.05) is 6.54 Å².